The molecule has 0 fully saturated rings. The fraction of sp³-hybridized carbons (Fsp3) is 0. The quantitative estimate of drug-likeness (QED) is 0.208. The number of thiophene rings is 3. The minimum absolute atomic E-state index is 1.32. The Kier molecular flexibility index (Phi) is 3.67. The third kappa shape index (κ3) is 2.56. The van der Waals surface area contributed by atoms with Gasteiger partial charge in [-0.05, 0) is 91.8 Å². The zero-order valence-electron chi connectivity index (χ0n) is 17.5. The molecule has 8 aromatic rings. The number of hydrogen-bond donors (Lipinski definition) is 0. The van der Waals surface area contributed by atoms with Gasteiger partial charge in [-0.3, -0.25) is 0 Å². The summed E-state index contributed by atoms with van der Waals surface area (Å²) in [6, 6.07) is 31.9. The van der Waals surface area contributed by atoms with Crippen molar-refractivity contribution in [3.63, 3.8) is 0 Å². The Balaban J connectivity index is 1.61. The van der Waals surface area contributed by atoms with E-state index in [2.05, 4.69) is 95.7 Å². The molecule has 33 heavy (non-hydrogen) atoms. The SMILES string of the molecule is c1ccc2c(-c3cc4cc5sccc5cc4c4cc5sc6ccccc6c5cc34)csc2c1. The van der Waals surface area contributed by atoms with E-state index in [4.69, 9.17) is 0 Å². The summed E-state index contributed by atoms with van der Waals surface area (Å²) in [5, 5.41) is 15.3. The molecule has 3 aromatic heterocycles. The number of fused-ring (bicyclic) bond motifs is 8. The van der Waals surface area contributed by atoms with Gasteiger partial charge in [-0.2, -0.15) is 0 Å². The Labute approximate surface area is 201 Å². The molecule has 0 amide bonds. The van der Waals surface area contributed by atoms with Crippen molar-refractivity contribution in [2.24, 2.45) is 0 Å². The minimum atomic E-state index is 1.32. The fourth-order valence-corrected chi connectivity index (χ4v) is 8.14. The first kappa shape index (κ1) is 18.2. The van der Waals surface area contributed by atoms with Gasteiger partial charge in [0.1, 0.15) is 0 Å². The van der Waals surface area contributed by atoms with Crippen molar-refractivity contribution in [3.8, 4) is 11.1 Å². The molecular weight excluding hydrogens is 457 g/mol. The third-order valence-electron chi connectivity index (χ3n) is 6.79. The Morgan fingerprint density at radius 1 is 0.424 bits per heavy atom. The number of hydrogen-bond acceptors (Lipinski definition) is 3. The molecule has 0 saturated carbocycles. The normalized spacial score (nSPS) is 12.2. The van der Waals surface area contributed by atoms with Crippen molar-refractivity contribution in [2.75, 3.05) is 0 Å². The first-order chi connectivity index (χ1) is 16.3. The van der Waals surface area contributed by atoms with Crippen LogP contribution >= 0.6 is 34.0 Å². The van der Waals surface area contributed by atoms with Gasteiger partial charge in [-0.25, -0.2) is 0 Å². The van der Waals surface area contributed by atoms with Crippen LogP contribution in [0.25, 0.3) is 73.0 Å². The van der Waals surface area contributed by atoms with Crippen molar-refractivity contribution in [1.82, 2.24) is 0 Å². The summed E-state index contributed by atoms with van der Waals surface area (Å²) in [4.78, 5) is 0. The lowest BCUT2D eigenvalue weighted by Gasteiger charge is -2.12. The van der Waals surface area contributed by atoms with E-state index in [-0.39, 0.29) is 0 Å². The largest absolute Gasteiger partial charge is 0.144 e. The lowest BCUT2D eigenvalue weighted by Crippen LogP contribution is -1.85. The summed E-state index contributed by atoms with van der Waals surface area (Å²) < 4.78 is 5.42. The van der Waals surface area contributed by atoms with Crippen molar-refractivity contribution in [1.29, 1.82) is 0 Å². The summed E-state index contributed by atoms with van der Waals surface area (Å²) in [7, 11) is 0. The minimum Gasteiger partial charge on any atom is -0.144 e. The summed E-state index contributed by atoms with van der Waals surface area (Å²) in [6.07, 6.45) is 0. The maximum absolute atomic E-state index is 2.45. The van der Waals surface area contributed by atoms with Crippen LogP contribution in [0.15, 0.2) is 95.7 Å². The van der Waals surface area contributed by atoms with Crippen molar-refractivity contribution in [3.05, 3.63) is 95.7 Å². The molecule has 5 aromatic carbocycles. The van der Waals surface area contributed by atoms with Crippen molar-refractivity contribution < 1.29 is 0 Å². The van der Waals surface area contributed by atoms with E-state index in [0.717, 1.165) is 0 Å². The molecule has 0 saturated heterocycles. The van der Waals surface area contributed by atoms with Crippen LogP contribution in [0.2, 0.25) is 0 Å². The topological polar surface area (TPSA) is 0 Å². The fourth-order valence-electron chi connectivity index (χ4n) is 5.24. The average Bonchev–Trinajstić information content (AvgIpc) is 3.57. The van der Waals surface area contributed by atoms with Gasteiger partial charge in [-0.15, -0.1) is 34.0 Å². The lowest BCUT2D eigenvalue weighted by atomic mass is 9.91. The van der Waals surface area contributed by atoms with E-state index in [1.807, 2.05) is 34.0 Å². The number of benzene rings is 5. The maximum Gasteiger partial charge on any atom is 0.0362 e. The van der Waals surface area contributed by atoms with Crippen LogP contribution < -0.4 is 0 Å². The molecule has 0 aliphatic rings. The van der Waals surface area contributed by atoms with Gasteiger partial charge in [0.05, 0.1) is 0 Å². The highest BCUT2D eigenvalue weighted by Gasteiger charge is 2.16. The monoisotopic (exact) mass is 472 g/mol. The smallest absolute Gasteiger partial charge is 0.0362 e. The van der Waals surface area contributed by atoms with Crippen LogP contribution in [0, 0.1) is 0 Å². The molecule has 3 heterocycles. The second kappa shape index (κ2) is 6.64. The van der Waals surface area contributed by atoms with Gasteiger partial charge >= 0.3 is 0 Å². The molecule has 0 unspecified atom stereocenters. The van der Waals surface area contributed by atoms with Crippen molar-refractivity contribution >= 4 is 95.9 Å². The second-order valence-corrected chi connectivity index (χ2v) is 11.5. The van der Waals surface area contributed by atoms with E-state index in [9.17, 15) is 0 Å². The molecule has 0 spiro atoms. The molecule has 0 N–H and O–H groups in total. The average molecular weight is 473 g/mol. The molecule has 0 atom stereocenters. The van der Waals surface area contributed by atoms with Gasteiger partial charge in [0.25, 0.3) is 0 Å². The summed E-state index contributed by atoms with van der Waals surface area (Å²) in [6.45, 7) is 0. The van der Waals surface area contributed by atoms with E-state index in [1.54, 1.807) is 0 Å². The van der Waals surface area contributed by atoms with Gasteiger partial charge in [0.15, 0.2) is 0 Å². The highest BCUT2D eigenvalue weighted by molar-refractivity contribution is 7.26. The molecule has 0 radical (unpaired) electrons. The Bertz CT molecular complexity index is 2030. The van der Waals surface area contributed by atoms with Crippen LogP contribution in [0.3, 0.4) is 0 Å². The van der Waals surface area contributed by atoms with Gasteiger partial charge < -0.3 is 0 Å². The molecule has 154 valence electrons. The Morgan fingerprint density at radius 3 is 2.21 bits per heavy atom. The van der Waals surface area contributed by atoms with Crippen LogP contribution in [0.4, 0.5) is 0 Å². The highest BCUT2D eigenvalue weighted by atomic mass is 32.1. The summed E-state index contributed by atoms with van der Waals surface area (Å²) >= 11 is 5.56. The predicted octanol–water partition coefficient (Wildman–Crippen LogP) is 10.5. The predicted molar refractivity (Wildman–Crippen MR) is 151 cm³/mol. The highest BCUT2D eigenvalue weighted by Crippen LogP contribution is 2.45. The second-order valence-electron chi connectivity index (χ2n) is 8.59. The van der Waals surface area contributed by atoms with Gasteiger partial charge in [0, 0.05) is 40.5 Å². The van der Waals surface area contributed by atoms with Gasteiger partial charge in [0.2, 0.25) is 0 Å². The first-order valence-electron chi connectivity index (χ1n) is 11.0. The van der Waals surface area contributed by atoms with Crippen molar-refractivity contribution in [2.45, 2.75) is 0 Å². The van der Waals surface area contributed by atoms with Crippen LogP contribution in [-0.2, 0) is 0 Å². The van der Waals surface area contributed by atoms with Crippen LogP contribution in [0.5, 0.6) is 0 Å². The first-order valence-corrected chi connectivity index (χ1v) is 13.6. The molecule has 0 bridgehead atoms. The maximum atomic E-state index is 2.45. The molecule has 0 aliphatic heterocycles. The molecule has 0 nitrogen and oxygen atoms in total. The van der Waals surface area contributed by atoms with E-state index in [0.29, 0.717) is 0 Å². The zero-order chi connectivity index (χ0) is 21.5. The molecule has 0 aliphatic carbocycles. The molecule has 3 heteroatoms. The Morgan fingerprint density at radius 2 is 1.27 bits per heavy atom. The summed E-state index contributed by atoms with van der Waals surface area (Å²) in [5.74, 6) is 0. The third-order valence-corrected chi connectivity index (χ3v) is 9.77. The van der Waals surface area contributed by atoms with E-state index >= 15 is 0 Å². The molecular formula is C30H16S3. The van der Waals surface area contributed by atoms with Gasteiger partial charge in [-0.1, -0.05) is 36.4 Å². The van der Waals surface area contributed by atoms with Crippen LogP contribution in [0.1, 0.15) is 0 Å². The Hall–Kier alpha value is -3.24. The van der Waals surface area contributed by atoms with E-state index < -0.39 is 0 Å². The standard InChI is InChI=1S/C30H16S3/c1-3-7-27-20(6-1)26(16-32-27)22-12-18-13-29-17(9-10-31-29)11-21(18)24-15-30-25(14-23(22)24)19-5-2-4-8-28(19)33-30/h1-16H. The summed E-state index contributed by atoms with van der Waals surface area (Å²) in [5.41, 5.74) is 2.68. The zero-order valence-corrected chi connectivity index (χ0v) is 19.9. The number of rotatable bonds is 1. The molecule has 8 rings (SSSR count). The van der Waals surface area contributed by atoms with Crippen LogP contribution in [-0.4, -0.2) is 0 Å². The lowest BCUT2D eigenvalue weighted by molar-refractivity contribution is 1.81. The van der Waals surface area contributed by atoms with E-state index in [1.165, 1.54) is 73.0 Å².